The maximum atomic E-state index is 11.8. The van der Waals surface area contributed by atoms with Crippen LogP contribution in [-0.2, 0) is 16.0 Å². The topological polar surface area (TPSA) is 86.7 Å². The molecule has 1 saturated heterocycles. The summed E-state index contributed by atoms with van der Waals surface area (Å²) in [6.45, 7) is -0.601. The van der Waals surface area contributed by atoms with Crippen molar-refractivity contribution in [3.63, 3.8) is 0 Å². The maximum Gasteiger partial charge on any atom is 0.325 e. The molecule has 6 nitrogen and oxygen atoms in total. The highest BCUT2D eigenvalue weighted by atomic mass is 16.4. The fourth-order valence-corrected chi connectivity index (χ4v) is 1.85. The van der Waals surface area contributed by atoms with E-state index in [1.807, 2.05) is 30.3 Å². The van der Waals surface area contributed by atoms with Crippen LogP contribution in [0.4, 0.5) is 4.79 Å². The van der Waals surface area contributed by atoms with Crippen molar-refractivity contribution in [3.05, 3.63) is 35.9 Å². The number of amides is 3. The molecule has 0 aliphatic carbocycles. The molecule has 3 amide bonds. The summed E-state index contributed by atoms with van der Waals surface area (Å²) in [6.07, 6.45) is 0.363. The first-order valence-corrected chi connectivity index (χ1v) is 5.45. The second kappa shape index (κ2) is 4.87. The molecule has 94 valence electrons. The zero-order valence-corrected chi connectivity index (χ0v) is 9.50. The molecular formula is C12H12N2O4. The lowest BCUT2D eigenvalue weighted by Crippen LogP contribution is -2.36. The van der Waals surface area contributed by atoms with Crippen molar-refractivity contribution in [1.29, 1.82) is 0 Å². The number of aliphatic carboxylic acids is 1. The minimum atomic E-state index is -1.21. The van der Waals surface area contributed by atoms with E-state index in [0.29, 0.717) is 6.42 Å². The van der Waals surface area contributed by atoms with Crippen molar-refractivity contribution in [2.45, 2.75) is 12.5 Å². The molecule has 1 aromatic carbocycles. The highest BCUT2D eigenvalue weighted by molar-refractivity contribution is 6.06. The van der Waals surface area contributed by atoms with Crippen LogP contribution in [0.2, 0.25) is 0 Å². The number of carbonyl (C=O) groups excluding carboxylic acids is 2. The van der Waals surface area contributed by atoms with Crippen molar-refractivity contribution in [1.82, 2.24) is 10.2 Å². The van der Waals surface area contributed by atoms with Crippen LogP contribution in [0.1, 0.15) is 5.56 Å². The number of nitrogens with one attached hydrogen (secondary N) is 1. The van der Waals surface area contributed by atoms with Gasteiger partial charge in [0.15, 0.2) is 0 Å². The number of carboxylic acid groups (broad SMARTS) is 1. The normalized spacial score (nSPS) is 18.9. The second-order valence-corrected chi connectivity index (χ2v) is 4.01. The van der Waals surface area contributed by atoms with Gasteiger partial charge in [-0.15, -0.1) is 0 Å². The molecule has 18 heavy (non-hydrogen) atoms. The average Bonchev–Trinajstić information content (AvgIpc) is 2.58. The van der Waals surface area contributed by atoms with E-state index >= 15 is 0 Å². The Hall–Kier alpha value is -2.37. The van der Waals surface area contributed by atoms with Crippen molar-refractivity contribution in [2.24, 2.45) is 0 Å². The standard InChI is InChI=1S/C12H12N2O4/c15-10(16)7-14-11(17)9(13-12(14)18)6-8-4-2-1-3-5-8/h1-5,9H,6-7H2,(H,13,18)(H,15,16). The minimum absolute atomic E-state index is 0.363. The largest absolute Gasteiger partial charge is 0.480 e. The molecule has 0 aromatic heterocycles. The molecule has 1 aliphatic rings. The SMILES string of the molecule is O=C(O)CN1C(=O)NC(Cc2ccccc2)C1=O. The molecule has 0 spiro atoms. The summed E-state index contributed by atoms with van der Waals surface area (Å²) in [7, 11) is 0. The van der Waals surface area contributed by atoms with E-state index in [1.165, 1.54) is 0 Å². The van der Waals surface area contributed by atoms with Crippen LogP contribution < -0.4 is 5.32 Å². The monoisotopic (exact) mass is 248 g/mol. The summed E-state index contributed by atoms with van der Waals surface area (Å²) >= 11 is 0. The number of benzene rings is 1. The predicted molar refractivity (Wildman–Crippen MR) is 61.8 cm³/mol. The predicted octanol–water partition coefficient (Wildman–Crippen LogP) is 0.234. The molecule has 1 heterocycles. The smallest absolute Gasteiger partial charge is 0.325 e. The van der Waals surface area contributed by atoms with Gasteiger partial charge in [-0.1, -0.05) is 30.3 Å². The molecule has 1 aromatic rings. The molecule has 2 N–H and O–H groups in total. The van der Waals surface area contributed by atoms with Crippen LogP contribution in [0.3, 0.4) is 0 Å². The van der Waals surface area contributed by atoms with Crippen LogP contribution >= 0.6 is 0 Å². The fourth-order valence-electron chi connectivity index (χ4n) is 1.85. The zero-order valence-electron chi connectivity index (χ0n) is 9.50. The first-order valence-electron chi connectivity index (χ1n) is 5.45. The van der Waals surface area contributed by atoms with Crippen LogP contribution in [-0.4, -0.2) is 40.5 Å². The number of carboxylic acids is 1. The zero-order chi connectivity index (χ0) is 13.1. The summed E-state index contributed by atoms with van der Waals surface area (Å²) in [4.78, 5) is 34.5. The van der Waals surface area contributed by atoms with Gasteiger partial charge in [-0.25, -0.2) is 4.79 Å². The van der Waals surface area contributed by atoms with Gasteiger partial charge in [-0.2, -0.15) is 0 Å². The van der Waals surface area contributed by atoms with E-state index < -0.39 is 30.5 Å². The van der Waals surface area contributed by atoms with Gasteiger partial charge >= 0.3 is 12.0 Å². The lowest BCUT2D eigenvalue weighted by Gasteiger charge is -2.09. The molecule has 0 saturated carbocycles. The molecule has 6 heteroatoms. The van der Waals surface area contributed by atoms with Gasteiger partial charge in [0.2, 0.25) is 0 Å². The Labute approximate surface area is 103 Å². The van der Waals surface area contributed by atoms with E-state index in [4.69, 9.17) is 5.11 Å². The van der Waals surface area contributed by atoms with E-state index in [2.05, 4.69) is 5.32 Å². The summed E-state index contributed by atoms with van der Waals surface area (Å²) in [5.74, 6) is -1.70. The highest BCUT2D eigenvalue weighted by Crippen LogP contribution is 2.11. The average molecular weight is 248 g/mol. The van der Waals surface area contributed by atoms with E-state index in [1.54, 1.807) is 0 Å². The van der Waals surface area contributed by atoms with Gasteiger partial charge in [0.05, 0.1) is 0 Å². The van der Waals surface area contributed by atoms with Crippen LogP contribution in [0, 0.1) is 0 Å². The van der Waals surface area contributed by atoms with Crippen molar-refractivity contribution >= 4 is 17.9 Å². The van der Waals surface area contributed by atoms with Crippen LogP contribution in [0.15, 0.2) is 30.3 Å². The lowest BCUT2D eigenvalue weighted by atomic mass is 10.1. The summed E-state index contributed by atoms with van der Waals surface area (Å²) in [5.41, 5.74) is 0.910. The van der Waals surface area contributed by atoms with Crippen molar-refractivity contribution in [3.8, 4) is 0 Å². The Morgan fingerprint density at radius 2 is 1.94 bits per heavy atom. The van der Waals surface area contributed by atoms with Gasteiger partial charge in [0.1, 0.15) is 12.6 Å². The first kappa shape index (κ1) is 12.1. The maximum absolute atomic E-state index is 11.8. The van der Waals surface area contributed by atoms with E-state index in [9.17, 15) is 14.4 Å². The Morgan fingerprint density at radius 3 is 2.56 bits per heavy atom. The fraction of sp³-hybridized carbons (Fsp3) is 0.250. The summed E-state index contributed by atoms with van der Waals surface area (Å²) < 4.78 is 0. The minimum Gasteiger partial charge on any atom is -0.480 e. The number of hydrogen-bond donors (Lipinski definition) is 2. The van der Waals surface area contributed by atoms with Crippen molar-refractivity contribution in [2.75, 3.05) is 6.54 Å². The van der Waals surface area contributed by atoms with E-state index in [0.717, 1.165) is 10.5 Å². The lowest BCUT2D eigenvalue weighted by molar-refractivity contribution is -0.141. The number of hydrogen-bond acceptors (Lipinski definition) is 3. The molecule has 0 bridgehead atoms. The molecule has 1 unspecified atom stereocenters. The molecule has 2 rings (SSSR count). The molecule has 1 fully saturated rings. The summed E-state index contributed by atoms with van der Waals surface area (Å²) in [6, 6.07) is 7.90. The first-order chi connectivity index (χ1) is 8.58. The highest BCUT2D eigenvalue weighted by Gasteiger charge is 2.38. The number of rotatable bonds is 4. The number of nitrogens with zero attached hydrogens (tertiary/aromatic N) is 1. The molecule has 1 aliphatic heterocycles. The third-order valence-corrected chi connectivity index (χ3v) is 2.68. The number of urea groups is 1. The third-order valence-electron chi connectivity index (χ3n) is 2.68. The van der Waals surface area contributed by atoms with Crippen LogP contribution in [0.5, 0.6) is 0 Å². The Bertz CT molecular complexity index is 486. The second-order valence-electron chi connectivity index (χ2n) is 4.01. The number of carbonyl (C=O) groups is 3. The van der Waals surface area contributed by atoms with Gasteiger partial charge in [0.25, 0.3) is 5.91 Å². The Morgan fingerprint density at radius 1 is 1.28 bits per heavy atom. The van der Waals surface area contributed by atoms with Gasteiger partial charge in [-0.3, -0.25) is 14.5 Å². The van der Waals surface area contributed by atoms with Gasteiger partial charge < -0.3 is 10.4 Å². The van der Waals surface area contributed by atoms with Gasteiger partial charge in [0, 0.05) is 6.42 Å². The Balaban J connectivity index is 2.06. The van der Waals surface area contributed by atoms with Gasteiger partial charge in [-0.05, 0) is 5.56 Å². The number of imide groups is 1. The van der Waals surface area contributed by atoms with Crippen LogP contribution in [0.25, 0.3) is 0 Å². The molecule has 0 radical (unpaired) electrons. The molecular weight excluding hydrogens is 236 g/mol. The van der Waals surface area contributed by atoms with Crippen molar-refractivity contribution < 1.29 is 19.5 Å². The quantitative estimate of drug-likeness (QED) is 0.747. The Kier molecular flexibility index (Phi) is 3.27. The molecule has 1 atom stereocenters. The van der Waals surface area contributed by atoms with E-state index in [-0.39, 0.29) is 0 Å². The third kappa shape index (κ3) is 2.48. The summed E-state index contributed by atoms with van der Waals surface area (Å²) in [5, 5.41) is 11.1.